The van der Waals surface area contributed by atoms with Gasteiger partial charge >= 0.3 is 6.03 Å². The molecule has 0 unspecified atom stereocenters. The van der Waals surface area contributed by atoms with Crippen molar-refractivity contribution < 1.29 is 18.7 Å². The van der Waals surface area contributed by atoms with Crippen LogP contribution in [0.3, 0.4) is 0 Å². The second-order valence-electron chi connectivity index (χ2n) is 13.1. The zero-order chi connectivity index (χ0) is 32.4. The number of fused-ring (bicyclic) bond motifs is 1. The molecule has 46 heavy (non-hydrogen) atoms. The van der Waals surface area contributed by atoms with Crippen molar-refractivity contribution in [2.24, 2.45) is 5.92 Å². The van der Waals surface area contributed by atoms with Crippen LogP contribution in [0.4, 0.5) is 16.3 Å². The Labute approximate surface area is 269 Å². The fourth-order valence-electron chi connectivity index (χ4n) is 5.87. The van der Waals surface area contributed by atoms with Gasteiger partial charge in [-0.3, -0.25) is 10.1 Å². The van der Waals surface area contributed by atoms with Gasteiger partial charge in [-0.2, -0.15) is 5.10 Å². The molecule has 1 saturated heterocycles. The summed E-state index contributed by atoms with van der Waals surface area (Å²) in [4.78, 5) is 28.5. The van der Waals surface area contributed by atoms with Crippen LogP contribution in [-0.2, 0) is 11.8 Å². The number of anilines is 2. The van der Waals surface area contributed by atoms with E-state index in [1.54, 1.807) is 17.9 Å². The van der Waals surface area contributed by atoms with E-state index in [2.05, 4.69) is 37.5 Å². The summed E-state index contributed by atoms with van der Waals surface area (Å²) in [6.07, 6.45) is 2.54. The monoisotopic (exact) mass is 619 g/mol. The van der Waals surface area contributed by atoms with Crippen molar-refractivity contribution in [3.63, 3.8) is 0 Å². The topological polar surface area (TPSA) is 102 Å². The number of furan rings is 1. The highest BCUT2D eigenvalue weighted by atomic mass is 16.5. The lowest BCUT2D eigenvalue weighted by atomic mass is 9.89. The van der Waals surface area contributed by atoms with E-state index in [0.29, 0.717) is 36.2 Å². The maximum atomic E-state index is 13.4. The average Bonchev–Trinajstić information content (AvgIpc) is 3.67. The van der Waals surface area contributed by atoms with E-state index in [4.69, 9.17) is 14.3 Å². The molecule has 9 nitrogen and oxygen atoms in total. The van der Waals surface area contributed by atoms with Crippen LogP contribution in [0.25, 0.3) is 16.7 Å². The number of methoxy groups -OCH3 is 1. The van der Waals surface area contributed by atoms with Crippen LogP contribution >= 0.6 is 0 Å². The van der Waals surface area contributed by atoms with Gasteiger partial charge in [0.25, 0.3) is 5.91 Å². The predicted molar refractivity (Wildman–Crippen MR) is 181 cm³/mol. The largest absolute Gasteiger partial charge is 0.497 e. The molecule has 3 heterocycles. The summed E-state index contributed by atoms with van der Waals surface area (Å²) in [5, 5.41) is 11.8. The number of hydrogen-bond donors (Lipinski definition) is 2. The van der Waals surface area contributed by atoms with Gasteiger partial charge in [0.05, 0.1) is 18.5 Å². The molecule has 5 aromatic rings. The molecule has 1 aliphatic rings. The lowest BCUT2D eigenvalue weighted by Crippen LogP contribution is -2.38. The van der Waals surface area contributed by atoms with Gasteiger partial charge in [-0.25, -0.2) is 9.48 Å². The molecule has 2 N–H and O–H groups in total. The Bertz CT molecular complexity index is 1860. The lowest BCUT2D eigenvalue weighted by Gasteiger charge is -2.31. The number of carbonyl (C=O) groups excluding carboxylic acids is 2. The number of nitrogens with zero attached hydrogens (tertiary/aromatic N) is 3. The number of likely N-dealkylation sites (tertiary alicyclic amines) is 1. The van der Waals surface area contributed by atoms with Gasteiger partial charge in [0.2, 0.25) is 0 Å². The highest BCUT2D eigenvalue weighted by molar-refractivity contribution is 6.00. The van der Waals surface area contributed by atoms with Gasteiger partial charge in [-0.05, 0) is 80.1 Å². The molecule has 2 aromatic heterocycles. The molecule has 1 fully saturated rings. The lowest BCUT2D eigenvalue weighted by molar-refractivity contribution is 0.0661. The van der Waals surface area contributed by atoms with Crippen molar-refractivity contribution in [2.45, 2.75) is 52.4 Å². The molecule has 0 aliphatic carbocycles. The molecule has 1 aliphatic heterocycles. The molecule has 3 amide bonds. The molecule has 0 spiro atoms. The molecular formula is C37H41N5O4. The first-order valence-corrected chi connectivity index (χ1v) is 15.8. The maximum Gasteiger partial charge on any atom is 0.324 e. The molecule has 0 bridgehead atoms. The number of carbonyl (C=O) groups is 2. The Morgan fingerprint density at radius 3 is 2.41 bits per heavy atom. The third-order valence-corrected chi connectivity index (χ3v) is 8.61. The van der Waals surface area contributed by atoms with E-state index in [-0.39, 0.29) is 17.4 Å². The number of benzene rings is 3. The van der Waals surface area contributed by atoms with Crippen LogP contribution in [-0.4, -0.2) is 46.8 Å². The van der Waals surface area contributed by atoms with Gasteiger partial charge in [0.1, 0.15) is 17.2 Å². The quantitative estimate of drug-likeness (QED) is 0.192. The smallest absolute Gasteiger partial charge is 0.324 e. The zero-order valence-electron chi connectivity index (χ0n) is 27.1. The second-order valence-corrected chi connectivity index (χ2v) is 13.1. The number of hydrogen-bond acceptors (Lipinski definition) is 5. The third kappa shape index (κ3) is 6.78. The van der Waals surface area contributed by atoms with Crippen molar-refractivity contribution in [1.29, 1.82) is 0 Å². The highest BCUT2D eigenvalue weighted by Gasteiger charge is 2.27. The highest BCUT2D eigenvalue weighted by Crippen LogP contribution is 2.30. The van der Waals surface area contributed by atoms with E-state index in [0.717, 1.165) is 58.6 Å². The minimum Gasteiger partial charge on any atom is -0.497 e. The Balaban J connectivity index is 1.10. The number of urea groups is 1. The van der Waals surface area contributed by atoms with Crippen molar-refractivity contribution in [2.75, 3.05) is 30.8 Å². The third-order valence-electron chi connectivity index (χ3n) is 8.61. The van der Waals surface area contributed by atoms with Crippen molar-refractivity contribution >= 4 is 34.4 Å². The van der Waals surface area contributed by atoms with Crippen molar-refractivity contribution in [1.82, 2.24) is 14.7 Å². The molecule has 9 heteroatoms. The molecular weight excluding hydrogens is 578 g/mol. The molecule has 238 valence electrons. The van der Waals surface area contributed by atoms with Gasteiger partial charge < -0.3 is 19.4 Å². The normalized spacial score (nSPS) is 14.0. The molecule has 3 aromatic carbocycles. The summed E-state index contributed by atoms with van der Waals surface area (Å²) in [6, 6.07) is 24.9. The van der Waals surface area contributed by atoms with Gasteiger partial charge in [-0.1, -0.05) is 56.7 Å². The van der Waals surface area contributed by atoms with Crippen molar-refractivity contribution in [3.8, 4) is 11.4 Å². The number of amides is 3. The Morgan fingerprint density at radius 2 is 1.70 bits per heavy atom. The minimum atomic E-state index is -0.329. The van der Waals surface area contributed by atoms with Crippen LogP contribution in [0.5, 0.6) is 5.75 Å². The van der Waals surface area contributed by atoms with Crippen LogP contribution in [0.2, 0.25) is 0 Å². The van der Waals surface area contributed by atoms with Crippen LogP contribution < -0.4 is 15.4 Å². The van der Waals surface area contributed by atoms with E-state index in [1.807, 2.05) is 78.6 Å². The Morgan fingerprint density at radius 1 is 0.957 bits per heavy atom. The van der Waals surface area contributed by atoms with Crippen LogP contribution in [0.15, 0.2) is 83.3 Å². The summed E-state index contributed by atoms with van der Waals surface area (Å²) in [5.41, 5.74) is 5.23. The van der Waals surface area contributed by atoms with Crippen molar-refractivity contribution in [3.05, 3.63) is 101 Å². The molecule has 0 radical (unpaired) electrons. The van der Waals surface area contributed by atoms with E-state index >= 15 is 0 Å². The zero-order valence-corrected chi connectivity index (χ0v) is 27.1. The number of ether oxygens (including phenoxy) is 1. The Kier molecular flexibility index (Phi) is 8.58. The van der Waals surface area contributed by atoms with Gasteiger partial charge in [0, 0.05) is 35.6 Å². The number of nitrogens with one attached hydrogen (secondary N) is 2. The Hall–Kier alpha value is -5.05. The summed E-state index contributed by atoms with van der Waals surface area (Å²) >= 11 is 0. The maximum absolute atomic E-state index is 13.4. The average molecular weight is 620 g/mol. The first kappa shape index (κ1) is 31.0. The predicted octanol–water partition coefficient (Wildman–Crippen LogP) is 7.97. The fraction of sp³-hybridized carbons (Fsp3) is 0.324. The molecule has 6 rings (SSSR count). The number of piperidine rings is 1. The fourth-order valence-corrected chi connectivity index (χ4v) is 5.87. The first-order valence-electron chi connectivity index (χ1n) is 15.8. The summed E-state index contributed by atoms with van der Waals surface area (Å²) < 4.78 is 12.9. The minimum absolute atomic E-state index is 0.0909. The summed E-state index contributed by atoms with van der Waals surface area (Å²) in [5.74, 6) is 1.97. The van der Waals surface area contributed by atoms with Gasteiger partial charge in [0.15, 0.2) is 5.76 Å². The number of rotatable bonds is 7. The van der Waals surface area contributed by atoms with Crippen LogP contribution in [0.1, 0.15) is 61.0 Å². The summed E-state index contributed by atoms with van der Waals surface area (Å²) in [6.45, 7) is 9.66. The van der Waals surface area contributed by atoms with Crippen LogP contribution in [0, 0.1) is 12.8 Å². The van der Waals surface area contributed by atoms with E-state index in [9.17, 15) is 9.59 Å². The van der Waals surface area contributed by atoms with E-state index in [1.165, 1.54) is 0 Å². The molecule has 0 atom stereocenters. The number of aromatic nitrogens is 2. The first-order chi connectivity index (χ1) is 22.1. The molecule has 0 saturated carbocycles. The van der Waals surface area contributed by atoms with Gasteiger partial charge in [-0.15, -0.1) is 0 Å². The number of para-hydroxylation sites is 1. The standard InChI is InChI=1S/C37H41N5O4/c1-24-10-12-28(13-11-24)42-34(23-33(40-42)37(2,3)4)39-36(44)38-30-9-7-6-8-26(30)20-25-16-18-41(19-17-25)35(43)32-22-27-21-29(45-5)14-15-31(27)46-32/h6-15,21-23,25H,16-20H2,1-5H3,(H2,38,39,44). The second kappa shape index (κ2) is 12.7. The van der Waals surface area contributed by atoms with E-state index < -0.39 is 0 Å². The summed E-state index contributed by atoms with van der Waals surface area (Å²) in [7, 11) is 1.62. The SMILES string of the molecule is COc1ccc2oc(C(=O)N3CCC(Cc4ccccc4NC(=O)Nc4cc(C(C)(C)C)nn4-c4ccc(C)cc4)CC3)cc2c1. The number of aryl methyl sites for hydroxylation is 1.